The SMILES string of the molecule is CC1CC(C)CN(S(=O)(=O)c2ccc(C(=O)N(CCN(C)C)c3nc4ccccc4s3)cc2)C1. The first-order chi connectivity index (χ1) is 16.1. The minimum absolute atomic E-state index is 0.190. The van der Waals surface area contributed by atoms with Gasteiger partial charge in [-0.25, -0.2) is 13.4 Å². The second kappa shape index (κ2) is 10.1. The van der Waals surface area contributed by atoms with E-state index in [1.165, 1.54) is 11.3 Å². The average molecular weight is 501 g/mol. The Kier molecular flexibility index (Phi) is 7.37. The van der Waals surface area contributed by atoms with Crippen LogP contribution >= 0.6 is 11.3 Å². The number of benzene rings is 2. The Balaban J connectivity index is 1.59. The molecule has 1 aliphatic heterocycles. The van der Waals surface area contributed by atoms with Crippen LogP contribution in [0.1, 0.15) is 30.6 Å². The number of carbonyl (C=O) groups excluding carboxylic acids is 1. The van der Waals surface area contributed by atoms with Crippen LogP contribution in [-0.2, 0) is 10.0 Å². The monoisotopic (exact) mass is 500 g/mol. The number of hydrogen-bond acceptors (Lipinski definition) is 6. The molecular weight excluding hydrogens is 468 g/mol. The number of amides is 1. The summed E-state index contributed by atoms with van der Waals surface area (Å²) in [5, 5.41) is 0.640. The van der Waals surface area contributed by atoms with E-state index in [-0.39, 0.29) is 10.8 Å². The predicted octanol–water partition coefficient (Wildman–Crippen LogP) is 4.17. The van der Waals surface area contributed by atoms with Crippen LogP contribution in [0.2, 0.25) is 0 Å². The third-order valence-corrected chi connectivity index (χ3v) is 9.01. The Labute approximate surface area is 206 Å². The van der Waals surface area contributed by atoms with Gasteiger partial charge in [0.05, 0.1) is 15.1 Å². The largest absolute Gasteiger partial charge is 0.308 e. The highest BCUT2D eigenvalue weighted by Gasteiger charge is 2.32. The zero-order chi connectivity index (χ0) is 24.5. The number of anilines is 1. The van der Waals surface area contributed by atoms with Crippen molar-refractivity contribution in [2.75, 3.05) is 45.2 Å². The minimum atomic E-state index is -3.59. The van der Waals surface area contributed by atoms with Crippen molar-refractivity contribution in [1.29, 1.82) is 0 Å². The number of rotatable bonds is 7. The molecule has 2 atom stereocenters. The molecule has 1 saturated heterocycles. The lowest BCUT2D eigenvalue weighted by atomic mass is 9.94. The van der Waals surface area contributed by atoms with Crippen molar-refractivity contribution < 1.29 is 13.2 Å². The summed E-state index contributed by atoms with van der Waals surface area (Å²) in [6.45, 7) is 6.40. The van der Waals surface area contributed by atoms with E-state index >= 15 is 0 Å². The van der Waals surface area contributed by atoms with Gasteiger partial charge in [-0.15, -0.1) is 0 Å². The van der Waals surface area contributed by atoms with E-state index in [1.807, 2.05) is 43.3 Å². The lowest BCUT2D eigenvalue weighted by molar-refractivity contribution is 0.0985. The van der Waals surface area contributed by atoms with Gasteiger partial charge in [0, 0.05) is 31.7 Å². The lowest BCUT2D eigenvalue weighted by Gasteiger charge is -2.34. The smallest absolute Gasteiger partial charge is 0.260 e. The quantitative estimate of drug-likeness (QED) is 0.487. The molecule has 1 amide bonds. The molecule has 9 heteroatoms. The Hall–Kier alpha value is -2.33. The first-order valence-electron chi connectivity index (χ1n) is 11.6. The fourth-order valence-corrected chi connectivity index (χ4v) is 7.11. The summed E-state index contributed by atoms with van der Waals surface area (Å²) in [7, 11) is 0.333. The average Bonchev–Trinajstić information content (AvgIpc) is 3.22. The zero-order valence-electron chi connectivity index (χ0n) is 20.1. The van der Waals surface area contributed by atoms with Crippen molar-refractivity contribution in [2.24, 2.45) is 11.8 Å². The number of piperidine rings is 1. The number of sulfonamides is 1. The highest BCUT2D eigenvalue weighted by atomic mass is 32.2. The summed E-state index contributed by atoms with van der Waals surface area (Å²) in [6, 6.07) is 14.1. The van der Waals surface area contributed by atoms with Crippen molar-refractivity contribution in [3.63, 3.8) is 0 Å². The fraction of sp³-hybridized carbons (Fsp3) is 0.440. The molecule has 0 spiro atoms. The number of para-hydroxylation sites is 1. The molecule has 0 radical (unpaired) electrons. The van der Waals surface area contributed by atoms with Crippen LogP contribution in [0.25, 0.3) is 10.2 Å². The number of hydrogen-bond donors (Lipinski definition) is 0. The van der Waals surface area contributed by atoms with Gasteiger partial charge in [0.1, 0.15) is 0 Å². The van der Waals surface area contributed by atoms with Gasteiger partial charge in [0.15, 0.2) is 5.13 Å². The standard InChI is InChI=1S/C25H32N4O3S2/c1-18-15-19(2)17-28(16-18)34(31,32)21-11-9-20(10-12-21)24(30)29(14-13-27(3)4)25-26-22-7-5-6-8-23(22)33-25/h5-12,18-19H,13-17H2,1-4H3. The van der Waals surface area contributed by atoms with Crippen molar-refractivity contribution in [3.8, 4) is 0 Å². The van der Waals surface area contributed by atoms with Gasteiger partial charge in [-0.2, -0.15) is 4.31 Å². The van der Waals surface area contributed by atoms with E-state index in [0.717, 1.165) is 16.6 Å². The molecule has 7 nitrogen and oxygen atoms in total. The van der Waals surface area contributed by atoms with E-state index in [0.29, 0.717) is 48.7 Å². The van der Waals surface area contributed by atoms with Gasteiger partial charge >= 0.3 is 0 Å². The van der Waals surface area contributed by atoms with E-state index in [4.69, 9.17) is 0 Å². The first kappa shape index (κ1) is 24.8. The second-order valence-corrected chi connectivity index (χ2v) is 12.5. The Morgan fingerprint density at radius 1 is 1.03 bits per heavy atom. The van der Waals surface area contributed by atoms with Crippen LogP contribution in [0.4, 0.5) is 5.13 Å². The molecule has 1 aliphatic rings. The number of nitrogens with zero attached hydrogens (tertiary/aromatic N) is 4. The molecule has 1 fully saturated rings. The summed E-state index contributed by atoms with van der Waals surface area (Å²) >= 11 is 1.48. The van der Waals surface area contributed by atoms with Crippen molar-refractivity contribution in [2.45, 2.75) is 25.2 Å². The van der Waals surface area contributed by atoms with Gasteiger partial charge in [-0.1, -0.05) is 37.3 Å². The molecule has 2 aromatic carbocycles. The highest BCUT2D eigenvalue weighted by Crippen LogP contribution is 2.30. The van der Waals surface area contributed by atoms with Crippen LogP contribution < -0.4 is 4.90 Å². The third-order valence-electron chi connectivity index (χ3n) is 6.10. The summed E-state index contributed by atoms with van der Waals surface area (Å²) < 4.78 is 29.0. The van der Waals surface area contributed by atoms with E-state index in [1.54, 1.807) is 33.5 Å². The van der Waals surface area contributed by atoms with Crippen LogP contribution in [0, 0.1) is 11.8 Å². The number of carbonyl (C=O) groups is 1. The molecule has 2 unspecified atom stereocenters. The predicted molar refractivity (Wildman–Crippen MR) is 138 cm³/mol. The zero-order valence-corrected chi connectivity index (χ0v) is 21.8. The molecule has 4 rings (SSSR count). The summed E-state index contributed by atoms with van der Waals surface area (Å²) in [4.78, 5) is 22.1. The summed E-state index contributed by atoms with van der Waals surface area (Å²) in [5.41, 5.74) is 1.30. The molecule has 0 N–H and O–H groups in total. The number of aromatic nitrogens is 1. The van der Waals surface area contributed by atoms with Gasteiger partial charge in [-0.3, -0.25) is 9.69 Å². The summed E-state index contributed by atoms with van der Waals surface area (Å²) in [6.07, 6.45) is 1.04. The molecule has 34 heavy (non-hydrogen) atoms. The Bertz CT molecular complexity index is 1210. The van der Waals surface area contributed by atoms with Crippen LogP contribution in [0.3, 0.4) is 0 Å². The molecule has 0 saturated carbocycles. The van der Waals surface area contributed by atoms with Crippen molar-refractivity contribution in [3.05, 3.63) is 54.1 Å². The van der Waals surface area contributed by atoms with Gasteiger partial charge in [-0.05, 0) is 68.8 Å². The molecule has 0 aliphatic carbocycles. The maximum Gasteiger partial charge on any atom is 0.260 e. The van der Waals surface area contributed by atoms with Crippen LogP contribution in [-0.4, -0.2) is 68.8 Å². The van der Waals surface area contributed by atoms with E-state index < -0.39 is 10.0 Å². The maximum atomic E-state index is 13.5. The molecule has 1 aromatic heterocycles. The lowest BCUT2D eigenvalue weighted by Crippen LogP contribution is -2.42. The van der Waals surface area contributed by atoms with Gasteiger partial charge < -0.3 is 4.90 Å². The molecular formula is C25H32N4O3S2. The first-order valence-corrected chi connectivity index (χ1v) is 13.8. The van der Waals surface area contributed by atoms with Gasteiger partial charge in [0.2, 0.25) is 10.0 Å². The topological polar surface area (TPSA) is 73.8 Å². The van der Waals surface area contributed by atoms with Crippen molar-refractivity contribution >= 4 is 42.6 Å². The van der Waals surface area contributed by atoms with Crippen LogP contribution in [0.15, 0.2) is 53.4 Å². The third kappa shape index (κ3) is 5.33. The van der Waals surface area contributed by atoms with E-state index in [9.17, 15) is 13.2 Å². The summed E-state index contributed by atoms with van der Waals surface area (Å²) in [5.74, 6) is 0.474. The fourth-order valence-electron chi connectivity index (χ4n) is 4.44. The second-order valence-electron chi connectivity index (χ2n) is 9.52. The van der Waals surface area contributed by atoms with Gasteiger partial charge in [0.25, 0.3) is 5.91 Å². The van der Waals surface area contributed by atoms with Crippen LogP contribution in [0.5, 0.6) is 0 Å². The molecule has 182 valence electrons. The normalized spacial score (nSPS) is 19.6. The number of likely N-dealkylation sites (N-methyl/N-ethyl adjacent to an activating group) is 1. The minimum Gasteiger partial charge on any atom is -0.308 e. The van der Waals surface area contributed by atoms with E-state index in [2.05, 4.69) is 18.8 Å². The molecule has 0 bridgehead atoms. The Morgan fingerprint density at radius 2 is 1.68 bits per heavy atom. The number of fused-ring (bicyclic) bond motifs is 1. The number of thiazole rings is 1. The Morgan fingerprint density at radius 3 is 2.29 bits per heavy atom. The molecule has 3 aromatic rings. The highest BCUT2D eigenvalue weighted by molar-refractivity contribution is 7.89. The van der Waals surface area contributed by atoms with Crippen molar-refractivity contribution in [1.82, 2.24) is 14.2 Å². The molecule has 2 heterocycles. The maximum absolute atomic E-state index is 13.5.